The van der Waals surface area contributed by atoms with E-state index in [4.69, 9.17) is 4.98 Å². The third kappa shape index (κ3) is 5.30. The number of carbonyl (C=O) groups is 2. The summed E-state index contributed by atoms with van der Waals surface area (Å²) in [5.41, 5.74) is 1.74. The number of aryl methyl sites for hydroxylation is 1. The summed E-state index contributed by atoms with van der Waals surface area (Å²) in [5, 5.41) is 6.15. The van der Waals surface area contributed by atoms with Crippen molar-refractivity contribution >= 4 is 45.3 Å². The first-order valence-electron chi connectivity index (χ1n) is 11.2. The van der Waals surface area contributed by atoms with Gasteiger partial charge < -0.3 is 5.32 Å². The Morgan fingerprint density at radius 2 is 2.03 bits per heavy atom. The number of para-hydroxylation sites is 1. The maximum Gasteiger partial charge on any atom is 0.321 e. The molecular weight excluding hydrogens is 456 g/mol. The topological polar surface area (TPSA) is 93.1 Å². The number of urea groups is 1. The number of nitrogens with zero attached hydrogens (tertiary/aromatic N) is 2. The smallest absolute Gasteiger partial charge is 0.321 e. The van der Waals surface area contributed by atoms with Crippen molar-refractivity contribution in [1.29, 1.82) is 0 Å². The lowest BCUT2D eigenvalue weighted by molar-refractivity contribution is -0.117. The first kappa shape index (κ1) is 23.5. The summed E-state index contributed by atoms with van der Waals surface area (Å²) in [4.78, 5) is 44.7. The lowest BCUT2D eigenvalue weighted by Crippen LogP contribution is -2.41. The molecule has 0 fully saturated rings. The van der Waals surface area contributed by atoms with Crippen LogP contribution in [0.25, 0.3) is 15.9 Å². The Bertz CT molecular complexity index is 1230. The van der Waals surface area contributed by atoms with Gasteiger partial charge in [0, 0.05) is 11.4 Å². The number of nitrogens with one attached hydrogen (secondary N) is 2. The number of thioether (sulfide) groups is 1. The van der Waals surface area contributed by atoms with E-state index in [0.29, 0.717) is 28.7 Å². The Morgan fingerprint density at radius 1 is 1.27 bits per heavy atom. The zero-order valence-electron chi connectivity index (χ0n) is 19.0. The molecule has 1 aromatic carbocycles. The predicted octanol–water partition coefficient (Wildman–Crippen LogP) is 4.15. The number of imide groups is 1. The van der Waals surface area contributed by atoms with Crippen molar-refractivity contribution in [3.63, 3.8) is 0 Å². The van der Waals surface area contributed by atoms with Crippen LogP contribution in [0, 0.1) is 11.8 Å². The normalized spacial score (nSPS) is 15.5. The third-order valence-corrected chi connectivity index (χ3v) is 7.66. The summed E-state index contributed by atoms with van der Waals surface area (Å²) in [6.45, 7) is 6.68. The van der Waals surface area contributed by atoms with Gasteiger partial charge in [-0.05, 0) is 48.8 Å². The van der Waals surface area contributed by atoms with Crippen molar-refractivity contribution in [1.82, 2.24) is 20.2 Å². The second kappa shape index (κ2) is 10.1. The lowest BCUT2D eigenvalue weighted by Gasteiger charge is -2.17. The van der Waals surface area contributed by atoms with Gasteiger partial charge in [0.25, 0.3) is 5.56 Å². The van der Waals surface area contributed by atoms with Gasteiger partial charge in [-0.2, -0.15) is 0 Å². The highest BCUT2D eigenvalue weighted by Gasteiger charge is 2.25. The number of hydrogen-bond acceptors (Lipinski definition) is 6. The van der Waals surface area contributed by atoms with E-state index in [1.165, 1.54) is 4.88 Å². The van der Waals surface area contributed by atoms with Crippen molar-refractivity contribution in [3.05, 3.63) is 51.1 Å². The van der Waals surface area contributed by atoms with Gasteiger partial charge in [0.2, 0.25) is 5.91 Å². The van der Waals surface area contributed by atoms with Gasteiger partial charge in [0.05, 0.1) is 16.8 Å². The van der Waals surface area contributed by atoms with Crippen LogP contribution in [0.5, 0.6) is 0 Å². The van der Waals surface area contributed by atoms with Crippen LogP contribution in [0.15, 0.2) is 40.3 Å². The molecule has 0 saturated heterocycles. The molecule has 2 N–H and O–H groups in total. The molecule has 7 nitrogen and oxygen atoms in total. The van der Waals surface area contributed by atoms with Gasteiger partial charge in [-0.15, -0.1) is 11.3 Å². The molecule has 1 aliphatic carbocycles. The zero-order chi connectivity index (χ0) is 23.5. The monoisotopic (exact) mass is 484 g/mol. The summed E-state index contributed by atoms with van der Waals surface area (Å²) in [6, 6.07) is 8.84. The quantitative estimate of drug-likeness (QED) is 0.405. The van der Waals surface area contributed by atoms with Crippen molar-refractivity contribution in [2.45, 2.75) is 45.2 Å². The molecule has 9 heteroatoms. The first-order chi connectivity index (χ1) is 15.8. The number of hydrogen-bond donors (Lipinski definition) is 2. The first-order valence-corrected chi connectivity index (χ1v) is 13.0. The van der Waals surface area contributed by atoms with Crippen molar-refractivity contribution < 1.29 is 9.59 Å². The molecule has 2 aromatic heterocycles. The van der Waals surface area contributed by atoms with Crippen LogP contribution in [0.3, 0.4) is 0 Å². The molecule has 1 aliphatic rings. The Labute approximate surface area is 201 Å². The zero-order valence-corrected chi connectivity index (χ0v) is 20.6. The molecule has 0 bridgehead atoms. The van der Waals surface area contributed by atoms with Crippen LogP contribution in [0.2, 0.25) is 0 Å². The minimum absolute atomic E-state index is 0.0258. The second-order valence-corrected chi connectivity index (χ2v) is 10.9. The molecule has 174 valence electrons. The van der Waals surface area contributed by atoms with Gasteiger partial charge in [-0.3, -0.25) is 19.5 Å². The van der Waals surface area contributed by atoms with Gasteiger partial charge >= 0.3 is 6.03 Å². The van der Waals surface area contributed by atoms with Crippen molar-refractivity contribution in [2.75, 3.05) is 12.3 Å². The summed E-state index contributed by atoms with van der Waals surface area (Å²) in [6.07, 6.45) is 2.93. The highest BCUT2D eigenvalue weighted by molar-refractivity contribution is 7.99. The molecular formula is C24H28N4O3S2. The SMILES string of the molecule is CC(C)CNC(=O)NC(=O)CSc1nc2sc3c(c2c(=O)n1-c1ccccc1)CCC(C)C3. The number of amides is 3. The highest BCUT2D eigenvalue weighted by atomic mass is 32.2. The fraction of sp³-hybridized carbons (Fsp3) is 0.417. The van der Waals surface area contributed by atoms with E-state index in [9.17, 15) is 14.4 Å². The Morgan fingerprint density at radius 3 is 2.76 bits per heavy atom. The van der Waals surface area contributed by atoms with Crippen LogP contribution >= 0.6 is 23.1 Å². The number of thiophene rings is 1. The number of carbonyl (C=O) groups excluding carboxylic acids is 2. The van der Waals surface area contributed by atoms with Crippen molar-refractivity contribution in [2.24, 2.45) is 11.8 Å². The van der Waals surface area contributed by atoms with Crippen LogP contribution in [0.1, 0.15) is 37.6 Å². The molecule has 1 unspecified atom stereocenters. The molecule has 0 spiro atoms. The van der Waals surface area contributed by atoms with E-state index >= 15 is 0 Å². The van der Waals surface area contributed by atoms with Crippen LogP contribution in [-0.4, -0.2) is 33.8 Å². The molecule has 3 amide bonds. The molecule has 0 aliphatic heterocycles. The minimum Gasteiger partial charge on any atom is -0.338 e. The third-order valence-electron chi connectivity index (χ3n) is 5.57. The molecule has 4 rings (SSSR count). The summed E-state index contributed by atoms with van der Waals surface area (Å²) < 4.78 is 1.59. The average Bonchev–Trinajstić information content (AvgIpc) is 3.14. The predicted molar refractivity (Wildman–Crippen MR) is 134 cm³/mol. The van der Waals surface area contributed by atoms with E-state index in [2.05, 4.69) is 17.6 Å². The van der Waals surface area contributed by atoms with Gasteiger partial charge in [-0.25, -0.2) is 9.78 Å². The standard InChI is InChI=1S/C24H28N4O3S2/c1-14(2)12-25-23(31)26-19(29)13-32-24-27-21-20(17-10-9-15(3)11-18(17)33-21)22(30)28(24)16-7-5-4-6-8-16/h4-8,14-15H,9-13H2,1-3H3,(H2,25,26,29,31). The van der Waals surface area contributed by atoms with Crippen molar-refractivity contribution in [3.8, 4) is 5.69 Å². The Balaban J connectivity index is 1.65. The molecule has 3 aromatic rings. The van der Waals surface area contributed by atoms with E-state index in [0.717, 1.165) is 41.4 Å². The minimum atomic E-state index is -0.516. The molecule has 2 heterocycles. The highest BCUT2D eigenvalue weighted by Crippen LogP contribution is 2.36. The van der Waals surface area contributed by atoms with Gasteiger partial charge in [-0.1, -0.05) is 50.7 Å². The number of benzene rings is 1. The lowest BCUT2D eigenvalue weighted by atomic mass is 9.89. The van der Waals surface area contributed by atoms with E-state index in [1.807, 2.05) is 44.2 Å². The largest absolute Gasteiger partial charge is 0.338 e. The molecule has 1 atom stereocenters. The van der Waals surface area contributed by atoms with Crippen LogP contribution in [0.4, 0.5) is 4.79 Å². The fourth-order valence-corrected chi connectivity index (χ4v) is 6.14. The fourth-order valence-electron chi connectivity index (χ4n) is 3.91. The van der Waals surface area contributed by atoms with E-state index in [-0.39, 0.29) is 17.2 Å². The molecule has 33 heavy (non-hydrogen) atoms. The summed E-state index contributed by atoms with van der Waals surface area (Å²) >= 11 is 2.75. The Kier molecular flexibility index (Phi) is 7.19. The van der Waals surface area contributed by atoms with E-state index < -0.39 is 11.9 Å². The van der Waals surface area contributed by atoms with E-state index in [1.54, 1.807) is 15.9 Å². The van der Waals surface area contributed by atoms with Gasteiger partial charge in [0.1, 0.15) is 4.83 Å². The second-order valence-electron chi connectivity index (χ2n) is 8.84. The molecule has 0 radical (unpaired) electrons. The van der Waals surface area contributed by atoms with Crippen LogP contribution < -0.4 is 16.2 Å². The van der Waals surface area contributed by atoms with Crippen LogP contribution in [-0.2, 0) is 17.6 Å². The Hall–Kier alpha value is -2.65. The number of fused-ring (bicyclic) bond motifs is 3. The maximum absolute atomic E-state index is 13.7. The summed E-state index contributed by atoms with van der Waals surface area (Å²) in [7, 11) is 0. The summed E-state index contributed by atoms with van der Waals surface area (Å²) in [5.74, 6) is 0.425. The number of aromatic nitrogens is 2. The maximum atomic E-state index is 13.7. The molecule has 0 saturated carbocycles. The average molecular weight is 485 g/mol. The number of rotatable bonds is 6. The van der Waals surface area contributed by atoms with Gasteiger partial charge in [0.15, 0.2) is 5.16 Å².